The van der Waals surface area contributed by atoms with Crippen molar-refractivity contribution in [3.8, 4) is 11.5 Å². The molecule has 2 aromatic heterocycles. The van der Waals surface area contributed by atoms with Crippen LogP contribution in [0.5, 0.6) is 11.5 Å². The normalized spacial score (nSPS) is 11.4. The maximum absolute atomic E-state index is 12.7. The van der Waals surface area contributed by atoms with Crippen molar-refractivity contribution in [1.82, 2.24) is 20.0 Å². The molecule has 0 aliphatic rings. The topological polar surface area (TPSA) is 90.3 Å². The molecule has 176 valence electrons. The van der Waals surface area contributed by atoms with Crippen LogP contribution in [0.25, 0.3) is 11.0 Å². The number of aryl methyl sites for hydroxylation is 1. The molecule has 0 radical (unpaired) electrons. The third-order valence-corrected chi connectivity index (χ3v) is 5.29. The lowest BCUT2D eigenvalue weighted by Gasteiger charge is -2.09. The minimum atomic E-state index is -4.36. The van der Waals surface area contributed by atoms with Gasteiger partial charge < -0.3 is 14.6 Å². The summed E-state index contributed by atoms with van der Waals surface area (Å²) in [5.41, 5.74) is -0.193. The fourth-order valence-corrected chi connectivity index (χ4v) is 3.73. The Labute approximate surface area is 196 Å². The molecular formula is C22H18F3N5O3S. The molecule has 0 atom stereocenters. The first-order chi connectivity index (χ1) is 16.2. The van der Waals surface area contributed by atoms with E-state index in [1.807, 2.05) is 0 Å². The second-order valence-electron chi connectivity index (χ2n) is 6.96. The van der Waals surface area contributed by atoms with Gasteiger partial charge in [0, 0.05) is 36.0 Å². The summed E-state index contributed by atoms with van der Waals surface area (Å²) in [6, 6.07) is 14.3. The second-order valence-corrected chi connectivity index (χ2v) is 8.10. The van der Waals surface area contributed by atoms with E-state index in [0.717, 1.165) is 5.52 Å². The van der Waals surface area contributed by atoms with Crippen LogP contribution in [0.4, 0.5) is 24.8 Å². The Morgan fingerprint density at radius 3 is 2.65 bits per heavy atom. The molecule has 4 rings (SSSR count). The van der Waals surface area contributed by atoms with Crippen molar-refractivity contribution in [3.05, 3.63) is 66.5 Å². The Hall–Kier alpha value is -3.77. The molecule has 2 N–H and O–H groups in total. The molecule has 0 spiro atoms. The van der Waals surface area contributed by atoms with Gasteiger partial charge in [0.15, 0.2) is 0 Å². The third-order valence-electron chi connectivity index (χ3n) is 4.57. The number of fused-ring (bicyclic) bond motifs is 1. The van der Waals surface area contributed by atoms with E-state index in [9.17, 15) is 18.0 Å². The van der Waals surface area contributed by atoms with Crippen LogP contribution in [-0.4, -0.2) is 33.1 Å². The largest absolute Gasteiger partial charge is 0.457 e. The van der Waals surface area contributed by atoms with Crippen LogP contribution in [0.1, 0.15) is 10.5 Å². The number of halogens is 3. The Morgan fingerprint density at radius 1 is 1.09 bits per heavy atom. The summed E-state index contributed by atoms with van der Waals surface area (Å²) in [6.45, 7) is 0. The van der Waals surface area contributed by atoms with Crippen molar-refractivity contribution < 1.29 is 27.5 Å². The van der Waals surface area contributed by atoms with Crippen molar-refractivity contribution >= 4 is 40.3 Å². The van der Waals surface area contributed by atoms with Gasteiger partial charge in [-0.2, -0.15) is 13.2 Å². The van der Waals surface area contributed by atoms with Crippen LogP contribution in [-0.2, 0) is 11.9 Å². The number of anilines is 2. The number of benzene rings is 2. The maximum Gasteiger partial charge on any atom is 0.446 e. The molecule has 0 saturated heterocycles. The first kappa shape index (κ1) is 23.4. The predicted molar refractivity (Wildman–Crippen MR) is 121 cm³/mol. The molecule has 0 bridgehead atoms. The Kier molecular flexibility index (Phi) is 6.61. The van der Waals surface area contributed by atoms with Crippen molar-refractivity contribution in [1.29, 1.82) is 0 Å². The summed E-state index contributed by atoms with van der Waals surface area (Å²) in [5.74, 6) is 0.805. The van der Waals surface area contributed by atoms with Crippen LogP contribution in [0.15, 0.2) is 65.7 Å². The lowest BCUT2D eigenvalue weighted by molar-refractivity contribution is -0.0328. The van der Waals surface area contributed by atoms with Crippen molar-refractivity contribution in [3.63, 3.8) is 0 Å². The average Bonchev–Trinajstić information content (AvgIpc) is 3.08. The maximum atomic E-state index is 12.7. The molecule has 1 amide bonds. The Balaban J connectivity index is 1.55. The van der Waals surface area contributed by atoms with Crippen molar-refractivity contribution in [2.45, 2.75) is 10.4 Å². The number of hydrogen-bond acceptors (Lipinski definition) is 7. The number of thioether (sulfide) groups is 1. The molecule has 2 aromatic carbocycles. The van der Waals surface area contributed by atoms with E-state index in [4.69, 9.17) is 4.74 Å². The average molecular weight is 489 g/mol. The number of hydrogen-bond donors (Lipinski definition) is 2. The summed E-state index contributed by atoms with van der Waals surface area (Å²) >= 11 is -0.177. The van der Waals surface area contributed by atoms with E-state index < -0.39 is 11.4 Å². The quantitative estimate of drug-likeness (QED) is 0.265. The number of ether oxygens (including phenoxy) is 1. The van der Waals surface area contributed by atoms with Gasteiger partial charge >= 0.3 is 5.51 Å². The summed E-state index contributed by atoms with van der Waals surface area (Å²) in [7, 11) is 3.11. The number of rotatable bonds is 7. The number of nitrogens with one attached hydrogen (secondary N) is 2. The highest BCUT2D eigenvalue weighted by molar-refractivity contribution is 8.00. The molecule has 34 heavy (non-hydrogen) atoms. The van der Waals surface area contributed by atoms with Crippen LogP contribution >= 0.6 is 11.8 Å². The number of carbonyl (C=O) groups excluding carboxylic acids is 1. The zero-order chi connectivity index (χ0) is 24.3. The predicted octanol–water partition coefficient (Wildman–Crippen LogP) is 5.41. The minimum Gasteiger partial charge on any atom is -0.457 e. The summed E-state index contributed by atoms with van der Waals surface area (Å²) in [6.07, 6.45) is 1.44. The van der Waals surface area contributed by atoms with Gasteiger partial charge in [0.2, 0.25) is 5.95 Å². The SMILES string of the molecule is CONC(=O)c1cc(Oc2ccc3c(c2)nc(Nc2cccc(SC(F)(F)F)c2)n3C)ccn1. The number of aromatic nitrogens is 3. The molecule has 0 aliphatic heterocycles. The Morgan fingerprint density at radius 2 is 1.88 bits per heavy atom. The molecular weight excluding hydrogens is 471 g/mol. The second kappa shape index (κ2) is 9.61. The zero-order valence-electron chi connectivity index (χ0n) is 17.9. The van der Waals surface area contributed by atoms with Gasteiger partial charge in [0.05, 0.1) is 18.1 Å². The van der Waals surface area contributed by atoms with Gasteiger partial charge in [-0.15, -0.1) is 0 Å². The smallest absolute Gasteiger partial charge is 0.446 e. The lowest BCUT2D eigenvalue weighted by Crippen LogP contribution is -2.22. The first-order valence-corrected chi connectivity index (χ1v) is 10.6. The summed E-state index contributed by atoms with van der Waals surface area (Å²) < 4.78 is 45.7. The highest BCUT2D eigenvalue weighted by Crippen LogP contribution is 2.38. The fraction of sp³-hybridized carbons (Fsp3) is 0.136. The van der Waals surface area contributed by atoms with Crippen molar-refractivity contribution in [2.75, 3.05) is 12.4 Å². The van der Waals surface area contributed by atoms with E-state index in [1.54, 1.807) is 48.0 Å². The van der Waals surface area contributed by atoms with Gasteiger partial charge in [-0.05, 0) is 48.2 Å². The molecule has 0 aliphatic carbocycles. The molecule has 2 heterocycles. The molecule has 0 unspecified atom stereocenters. The number of pyridine rings is 1. The summed E-state index contributed by atoms with van der Waals surface area (Å²) in [4.78, 5) is 25.0. The number of hydroxylamine groups is 1. The third kappa shape index (κ3) is 5.58. The van der Waals surface area contributed by atoms with Crippen LogP contribution in [0, 0.1) is 0 Å². The van der Waals surface area contributed by atoms with Gasteiger partial charge in [0.1, 0.15) is 17.2 Å². The zero-order valence-corrected chi connectivity index (χ0v) is 18.7. The van der Waals surface area contributed by atoms with E-state index in [0.29, 0.717) is 28.7 Å². The van der Waals surface area contributed by atoms with Gasteiger partial charge in [-0.3, -0.25) is 14.6 Å². The van der Waals surface area contributed by atoms with E-state index >= 15 is 0 Å². The lowest BCUT2D eigenvalue weighted by atomic mass is 10.3. The van der Waals surface area contributed by atoms with E-state index in [2.05, 4.69) is 25.6 Å². The fourth-order valence-electron chi connectivity index (χ4n) is 3.13. The van der Waals surface area contributed by atoms with E-state index in [-0.39, 0.29) is 22.4 Å². The van der Waals surface area contributed by atoms with Crippen LogP contribution in [0.3, 0.4) is 0 Å². The van der Waals surface area contributed by atoms with Crippen molar-refractivity contribution in [2.24, 2.45) is 7.05 Å². The first-order valence-electron chi connectivity index (χ1n) is 9.78. The highest BCUT2D eigenvalue weighted by Gasteiger charge is 2.29. The Bertz CT molecular complexity index is 1340. The number of amides is 1. The molecule has 8 nitrogen and oxygen atoms in total. The van der Waals surface area contributed by atoms with Gasteiger partial charge in [0.25, 0.3) is 5.91 Å². The van der Waals surface area contributed by atoms with Gasteiger partial charge in [-0.1, -0.05) is 6.07 Å². The van der Waals surface area contributed by atoms with Crippen LogP contribution in [0.2, 0.25) is 0 Å². The monoisotopic (exact) mass is 489 g/mol. The van der Waals surface area contributed by atoms with Gasteiger partial charge in [-0.25, -0.2) is 10.5 Å². The number of alkyl halides is 3. The molecule has 4 aromatic rings. The van der Waals surface area contributed by atoms with Crippen LogP contribution < -0.4 is 15.5 Å². The molecule has 0 saturated carbocycles. The molecule has 12 heteroatoms. The minimum absolute atomic E-state index is 0.0721. The summed E-state index contributed by atoms with van der Waals surface area (Å²) in [5, 5.41) is 3.05. The number of carbonyl (C=O) groups is 1. The standard InChI is InChI=1S/C22H18F3N5O3S/c1-30-19-7-6-14(33-15-8-9-26-18(12-15)20(31)29-32-2)11-17(19)28-21(30)27-13-4-3-5-16(10-13)34-22(23,24)25/h3-12H,1-2H3,(H,27,28)(H,29,31). The van der Waals surface area contributed by atoms with E-state index in [1.165, 1.54) is 31.5 Å². The highest BCUT2D eigenvalue weighted by atomic mass is 32.2. The number of nitrogens with zero attached hydrogens (tertiary/aromatic N) is 3. The molecule has 0 fully saturated rings. The number of imidazole rings is 1.